The molecule has 0 radical (unpaired) electrons. The summed E-state index contributed by atoms with van der Waals surface area (Å²) in [5, 5.41) is 0. The molecule has 10 atom stereocenters. The van der Waals surface area contributed by atoms with Gasteiger partial charge in [-0.05, 0) is 110 Å². The van der Waals surface area contributed by atoms with Gasteiger partial charge in [-0.2, -0.15) is 0 Å². The second-order valence-electron chi connectivity index (χ2n) is 11.7. The van der Waals surface area contributed by atoms with Crippen LogP contribution in [0.5, 0.6) is 0 Å². The highest BCUT2D eigenvalue weighted by Gasteiger charge is 2.66. The van der Waals surface area contributed by atoms with Crippen molar-refractivity contribution in [3.63, 3.8) is 0 Å². The molecule has 1 aliphatic heterocycles. The van der Waals surface area contributed by atoms with Crippen molar-refractivity contribution in [2.45, 2.75) is 89.4 Å². The molecule has 1 aromatic rings. The van der Waals surface area contributed by atoms with Gasteiger partial charge >= 0.3 is 0 Å². The molecule has 5 aliphatic rings. The van der Waals surface area contributed by atoms with Crippen LogP contribution in [-0.2, 0) is 9.47 Å². The van der Waals surface area contributed by atoms with E-state index < -0.39 is 0 Å². The molecule has 166 valence electrons. The lowest BCUT2D eigenvalue weighted by Gasteiger charge is -2.64. The van der Waals surface area contributed by atoms with Crippen molar-refractivity contribution in [2.24, 2.45) is 40.2 Å². The molecule has 2 N–H and O–H groups in total. The lowest BCUT2D eigenvalue weighted by Crippen LogP contribution is -2.61. The maximum atomic E-state index is 7.11. The molecule has 4 nitrogen and oxygen atoms in total. The van der Waals surface area contributed by atoms with E-state index >= 15 is 0 Å². The molecular weight excluding hydrogens is 374 g/mol. The fourth-order valence-electron chi connectivity index (χ4n) is 9.25. The van der Waals surface area contributed by atoms with E-state index in [1.54, 1.807) is 0 Å². The van der Waals surface area contributed by atoms with Crippen LogP contribution in [-0.4, -0.2) is 31.5 Å². The van der Waals surface area contributed by atoms with Crippen LogP contribution in [0, 0.1) is 34.5 Å². The first-order chi connectivity index (χ1) is 14.5. The van der Waals surface area contributed by atoms with Gasteiger partial charge in [0.15, 0.2) is 0 Å². The van der Waals surface area contributed by atoms with Crippen LogP contribution in [0.15, 0.2) is 23.0 Å². The van der Waals surface area contributed by atoms with Crippen molar-refractivity contribution in [1.82, 2.24) is 0 Å². The molecule has 4 aliphatic carbocycles. The SMILES string of the molecule is C[C@@]12CC3OC4CC(c5ccoc5)[C@@]5(C)CC[C@@H]1[C@@H](CCC2CC3OCCCN)[C@H]45. The highest BCUT2D eigenvalue weighted by Crippen LogP contribution is 2.71. The first-order valence-electron chi connectivity index (χ1n) is 12.5. The third-order valence-electron chi connectivity index (χ3n) is 10.6. The Kier molecular flexibility index (Phi) is 4.68. The summed E-state index contributed by atoms with van der Waals surface area (Å²) in [7, 11) is 0. The van der Waals surface area contributed by atoms with E-state index in [0.717, 1.165) is 37.2 Å². The standard InChI is InChI=1S/C26H39NO3/c1-25-8-6-19-18-5-4-17-12-21(29-10-3-9-27)23(14-26(17,19)2)30-22(24(18)25)13-20(25)16-7-11-28-15-16/h7,11,15,17-24H,3-6,8-10,12-14,27H2,1-2H3/t17?,18-,19-,20?,21?,22?,23?,24-,25-,26+/m1/s1. The average Bonchev–Trinajstić information content (AvgIpc) is 3.34. The molecule has 1 aromatic heterocycles. The number of hydrogen-bond donors (Lipinski definition) is 1. The Labute approximate surface area is 181 Å². The van der Waals surface area contributed by atoms with Crippen molar-refractivity contribution in [1.29, 1.82) is 0 Å². The molecule has 0 amide bonds. The zero-order valence-corrected chi connectivity index (χ0v) is 18.7. The zero-order chi connectivity index (χ0) is 20.5. The summed E-state index contributed by atoms with van der Waals surface area (Å²) >= 11 is 0. The maximum absolute atomic E-state index is 7.11. The Morgan fingerprint density at radius 2 is 2.03 bits per heavy atom. The Bertz CT molecular complexity index is 764. The number of hydrogen-bond acceptors (Lipinski definition) is 4. The topological polar surface area (TPSA) is 57.6 Å². The van der Waals surface area contributed by atoms with E-state index in [2.05, 4.69) is 19.9 Å². The molecule has 5 fully saturated rings. The predicted molar refractivity (Wildman–Crippen MR) is 116 cm³/mol. The number of fused-ring (bicyclic) bond motifs is 1. The van der Waals surface area contributed by atoms with E-state index in [-0.39, 0.29) is 12.2 Å². The van der Waals surface area contributed by atoms with Gasteiger partial charge in [0.05, 0.1) is 30.8 Å². The Morgan fingerprint density at radius 3 is 2.83 bits per heavy atom. The predicted octanol–water partition coefficient (Wildman–Crippen LogP) is 5.13. The molecule has 5 unspecified atom stereocenters. The molecule has 4 heteroatoms. The van der Waals surface area contributed by atoms with Crippen molar-refractivity contribution < 1.29 is 13.9 Å². The molecule has 1 saturated heterocycles. The zero-order valence-electron chi connectivity index (χ0n) is 18.7. The van der Waals surface area contributed by atoms with Crippen molar-refractivity contribution in [3.8, 4) is 0 Å². The number of rotatable bonds is 5. The summed E-state index contributed by atoms with van der Waals surface area (Å²) in [6.45, 7) is 6.68. The summed E-state index contributed by atoms with van der Waals surface area (Å²) < 4.78 is 19.1. The van der Waals surface area contributed by atoms with E-state index in [1.807, 2.05) is 12.5 Å². The van der Waals surface area contributed by atoms with Gasteiger partial charge in [-0.3, -0.25) is 0 Å². The number of ether oxygens (including phenoxy) is 2. The second kappa shape index (κ2) is 7.08. The van der Waals surface area contributed by atoms with Crippen LogP contribution in [0.2, 0.25) is 0 Å². The Balaban J connectivity index is 1.38. The molecule has 6 rings (SSSR count). The van der Waals surface area contributed by atoms with Gasteiger partial charge in [0.2, 0.25) is 0 Å². The van der Waals surface area contributed by atoms with Crippen LogP contribution < -0.4 is 5.73 Å². The fraction of sp³-hybridized carbons (Fsp3) is 0.846. The summed E-state index contributed by atoms with van der Waals surface area (Å²) in [5.41, 5.74) is 7.90. The van der Waals surface area contributed by atoms with Gasteiger partial charge in [0, 0.05) is 6.61 Å². The average molecular weight is 414 g/mol. The highest BCUT2D eigenvalue weighted by molar-refractivity contribution is 5.25. The first kappa shape index (κ1) is 19.8. The summed E-state index contributed by atoms with van der Waals surface area (Å²) in [6, 6.07) is 2.20. The van der Waals surface area contributed by atoms with E-state index in [9.17, 15) is 0 Å². The molecule has 0 aromatic carbocycles. The summed E-state index contributed by atoms with van der Waals surface area (Å²) in [6.07, 6.45) is 14.7. The van der Waals surface area contributed by atoms with Crippen LogP contribution in [0.1, 0.15) is 76.7 Å². The van der Waals surface area contributed by atoms with Crippen molar-refractivity contribution in [3.05, 3.63) is 24.2 Å². The van der Waals surface area contributed by atoms with Crippen LogP contribution in [0.25, 0.3) is 0 Å². The molecule has 5 bridgehead atoms. The largest absolute Gasteiger partial charge is 0.472 e. The third kappa shape index (κ3) is 2.69. The van der Waals surface area contributed by atoms with Crippen molar-refractivity contribution in [2.75, 3.05) is 13.2 Å². The van der Waals surface area contributed by atoms with Gasteiger partial charge in [-0.25, -0.2) is 0 Å². The lowest BCUT2D eigenvalue weighted by atomic mass is 9.43. The number of furan rings is 1. The van der Waals surface area contributed by atoms with Gasteiger partial charge in [-0.1, -0.05) is 13.8 Å². The minimum atomic E-state index is 0.253. The Morgan fingerprint density at radius 1 is 1.13 bits per heavy atom. The maximum Gasteiger partial charge on any atom is 0.0937 e. The van der Waals surface area contributed by atoms with E-state index in [0.29, 0.717) is 35.3 Å². The highest BCUT2D eigenvalue weighted by atomic mass is 16.5. The van der Waals surface area contributed by atoms with E-state index in [1.165, 1.54) is 44.1 Å². The third-order valence-corrected chi connectivity index (χ3v) is 10.6. The monoisotopic (exact) mass is 413 g/mol. The second-order valence-corrected chi connectivity index (χ2v) is 11.7. The van der Waals surface area contributed by atoms with Crippen LogP contribution in [0.3, 0.4) is 0 Å². The van der Waals surface area contributed by atoms with Crippen molar-refractivity contribution >= 4 is 0 Å². The lowest BCUT2D eigenvalue weighted by molar-refractivity contribution is -0.235. The van der Waals surface area contributed by atoms with Gasteiger partial charge in [0.1, 0.15) is 0 Å². The quantitative estimate of drug-likeness (QED) is 0.680. The minimum absolute atomic E-state index is 0.253. The Hall–Kier alpha value is -0.840. The molecule has 2 heterocycles. The van der Waals surface area contributed by atoms with Crippen LogP contribution >= 0.6 is 0 Å². The molecule has 4 saturated carbocycles. The molecule has 0 spiro atoms. The van der Waals surface area contributed by atoms with E-state index in [4.69, 9.17) is 19.6 Å². The smallest absolute Gasteiger partial charge is 0.0937 e. The van der Waals surface area contributed by atoms with Gasteiger partial charge in [0.25, 0.3) is 0 Å². The minimum Gasteiger partial charge on any atom is -0.472 e. The molecule has 30 heavy (non-hydrogen) atoms. The summed E-state index contributed by atoms with van der Waals surface area (Å²) in [4.78, 5) is 0. The number of nitrogens with two attached hydrogens (primary N) is 1. The summed E-state index contributed by atoms with van der Waals surface area (Å²) in [5.74, 6) is 3.75. The fourth-order valence-corrected chi connectivity index (χ4v) is 9.25. The van der Waals surface area contributed by atoms with Crippen LogP contribution in [0.4, 0.5) is 0 Å². The first-order valence-corrected chi connectivity index (χ1v) is 12.5. The molecular formula is C26H39NO3. The normalized spacial score (nSPS) is 51.6. The van der Waals surface area contributed by atoms with Gasteiger partial charge in [-0.15, -0.1) is 0 Å². The van der Waals surface area contributed by atoms with Gasteiger partial charge < -0.3 is 19.6 Å².